The van der Waals surface area contributed by atoms with Crippen LogP contribution in [0.1, 0.15) is 10.4 Å². The summed E-state index contributed by atoms with van der Waals surface area (Å²) in [6.45, 7) is 0. The van der Waals surface area contributed by atoms with Crippen LogP contribution in [0.3, 0.4) is 0 Å². The van der Waals surface area contributed by atoms with E-state index in [1.54, 1.807) is 0 Å². The summed E-state index contributed by atoms with van der Waals surface area (Å²) >= 11 is 0. The molecule has 1 aromatic rings. The molecule has 0 aliphatic heterocycles. The van der Waals surface area contributed by atoms with Crippen LogP contribution < -0.4 is 0 Å². The number of nitroso groups, excluding NO2 is 2. The van der Waals surface area contributed by atoms with Crippen molar-refractivity contribution in [2.24, 2.45) is 10.4 Å². The Hall–Kier alpha value is -2.31. The maximum atomic E-state index is 10.5. The van der Waals surface area contributed by atoms with Crippen molar-refractivity contribution >= 4 is 17.3 Å². The van der Waals surface area contributed by atoms with Gasteiger partial charge >= 0.3 is 5.97 Å². The third kappa shape index (κ3) is 1.56. The summed E-state index contributed by atoms with van der Waals surface area (Å²) < 4.78 is 0. The predicted octanol–water partition coefficient (Wildman–Crippen LogP) is 1.89. The highest BCUT2D eigenvalue weighted by molar-refractivity contribution is 5.94. The van der Waals surface area contributed by atoms with E-state index in [0.29, 0.717) is 0 Å². The maximum Gasteiger partial charge on any atom is 0.339 e. The average molecular weight is 196 g/mol. The lowest BCUT2D eigenvalue weighted by Gasteiger charge is -2.00. The van der Waals surface area contributed by atoms with Gasteiger partial charge in [-0.3, -0.25) is 0 Å². The summed E-state index contributed by atoms with van der Waals surface area (Å²) in [5.74, 6) is -2.25. The second-order valence-electron chi connectivity index (χ2n) is 2.35. The van der Waals surface area contributed by atoms with Crippen LogP contribution in [-0.4, -0.2) is 16.2 Å². The average Bonchev–Trinajstić information content (AvgIpc) is 2.17. The van der Waals surface area contributed by atoms with Crippen LogP contribution in [-0.2, 0) is 0 Å². The molecule has 0 saturated carbocycles. The molecule has 0 spiro atoms. The molecule has 7 heteroatoms. The lowest BCUT2D eigenvalue weighted by molar-refractivity contribution is 0.0694. The van der Waals surface area contributed by atoms with Crippen molar-refractivity contribution in [3.05, 3.63) is 27.5 Å². The molecule has 0 radical (unpaired) electrons. The van der Waals surface area contributed by atoms with Crippen LogP contribution >= 0.6 is 0 Å². The number of phenols is 1. The Morgan fingerprint density at radius 3 is 2.29 bits per heavy atom. The molecule has 0 aromatic heterocycles. The summed E-state index contributed by atoms with van der Waals surface area (Å²) in [6.07, 6.45) is 0. The van der Waals surface area contributed by atoms with Gasteiger partial charge in [-0.1, -0.05) is 0 Å². The van der Waals surface area contributed by atoms with E-state index in [2.05, 4.69) is 10.4 Å². The summed E-state index contributed by atoms with van der Waals surface area (Å²) in [4.78, 5) is 30.7. The minimum absolute atomic E-state index is 0.283. The van der Waals surface area contributed by atoms with Gasteiger partial charge in [0, 0.05) is 6.07 Å². The minimum atomic E-state index is -1.47. The van der Waals surface area contributed by atoms with E-state index < -0.39 is 23.0 Å². The van der Waals surface area contributed by atoms with Gasteiger partial charge in [-0.15, -0.1) is 9.81 Å². The van der Waals surface area contributed by atoms with Crippen LogP contribution in [0.15, 0.2) is 22.5 Å². The lowest BCUT2D eigenvalue weighted by Crippen LogP contribution is -1.96. The van der Waals surface area contributed by atoms with Crippen LogP contribution in [0.2, 0.25) is 0 Å². The molecule has 0 bridgehead atoms. The van der Waals surface area contributed by atoms with Gasteiger partial charge in [0.05, 0.1) is 0 Å². The first-order chi connectivity index (χ1) is 6.60. The summed E-state index contributed by atoms with van der Waals surface area (Å²) in [6, 6.07) is 1.74. The van der Waals surface area contributed by atoms with Crippen LogP contribution in [0, 0.1) is 9.81 Å². The molecule has 0 aliphatic rings. The van der Waals surface area contributed by atoms with E-state index in [4.69, 9.17) is 10.2 Å². The number of benzene rings is 1. The first kappa shape index (κ1) is 9.78. The van der Waals surface area contributed by atoms with Crippen molar-refractivity contribution < 1.29 is 15.0 Å². The normalized spacial score (nSPS) is 9.43. The van der Waals surface area contributed by atoms with Gasteiger partial charge in [-0.2, -0.15) is 0 Å². The first-order valence-electron chi connectivity index (χ1n) is 3.37. The Labute approximate surface area is 76.9 Å². The summed E-state index contributed by atoms with van der Waals surface area (Å²) in [5, 5.41) is 22.5. The van der Waals surface area contributed by atoms with Crippen molar-refractivity contribution in [2.45, 2.75) is 0 Å². The number of carboxylic acid groups (broad SMARTS) is 1. The molecule has 14 heavy (non-hydrogen) atoms. The summed E-state index contributed by atoms with van der Waals surface area (Å²) in [5.41, 5.74) is -1.40. The molecule has 0 heterocycles. The fourth-order valence-electron chi connectivity index (χ4n) is 0.890. The molecule has 0 fully saturated rings. The molecule has 1 rings (SSSR count). The molecule has 0 unspecified atom stereocenters. The number of hydrogen-bond acceptors (Lipinski definition) is 6. The molecule has 0 saturated heterocycles. The molecule has 1 aromatic carbocycles. The fourth-order valence-corrected chi connectivity index (χ4v) is 0.890. The van der Waals surface area contributed by atoms with E-state index in [9.17, 15) is 14.6 Å². The number of carboxylic acids is 1. The van der Waals surface area contributed by atoms with Gasteiger partial charge in [0.15, 0.2) is 11.4 Å². The zero-order valence-electron chi connectivity index (χ0n) is 6.67. The Kier molecular flexibility index (Phi) is 2.52. The van der Waals surface area contributed by atoms with Gasteiger partial charge in [0.1, 0.15) is 11.3 Å². The quantitative estimate of drug-likeness (QED) is 0.715. The van der Waals surface area contributed by atoms with E-state index in [1.807, 2.05) is 0 Å². The minimum Gasteiger partial charge on any atom is -0.505 e. The zero-order valence-corrected chi connectivity index (χ0v) is 6.67. The third-order valence-electron chi connectivity index (χ3n) is 1.51. The Morgan fingerprint density at radius 2 is 1.86 bits per heavy atom. The van der Waals surface area contributed by atoms with Gasteiger partial charge in [0.25, 0.3) is 0 Å². The maximum absolute atomic E-state index is 10.5. The number of aromatic carboxylic acids is 1. The van der Waals surface area contributed by atoms with Crippen LogP contribution in [0.5, 0.6) is 5.75 Å². The number of hydrogen-bond donors (Lipinski definition) is 2. The monoisotopic (exact) mass is 196 g/mol. The molecular formula is C7H4N2O5. The van der Waals surface area contributed by atoms with Crippen molar-refractivity contribution in [2.75, 3.05) is 0 Å². The second-order valence-corrected chi connectivity index (χ2v) is 2.35. The van der Waals surface area contributed by atoms with E-state index in [-0.39, 0.29) is 5.69 Å². The van der Waals surface area contributed by atoms with Crippen LogP contribution in [0.4, 0.5) is 11.4 Å². The number of aromatic hydroxyl groups is 1. The first-order valence-corrected chi connectivity index (χ1v) is 3.37. The number of nitrogens with zero attached hydrogens (tertiary/aromatic N) is 2. The largest absolute Gasteiger partial charge is 0.505 e. The van der Waals surface area contributed by atoms with Gasteiger partial charge in [0.2, 0.25) is 0 Å². The molecule has 0 amide bonds. The molecule has 72 valence electrons. The van der Waals surface area contributed by atoms with Crippen molar-refractivity contribution in [3.8, 4) is 5.75 Å². The zero-order chi connectivity index (χ0) is 10.7. The SMILES string of the molecule is O=Nc1cc(N=O)c(O)c(C(=O)O)c1. The Balaban J connectivity index is 3.49. The smallest absolute Gasteiger partial charge is 0.339 e. The van der Waals surface area contributed by atoms with E-state index >= 15 is 0 Å². The van der Waals surface area contributed by atoms with Crippen molar-refractivity contribution in [3.63, 3.8) is 0 Å². The predicted molar refractivity (Wildman–Crippen MR) is 46.0 cm³/mol. The molecule has 7 nitrogen and oxygen atoms in total. The third-order valence-corrected chi connectivity index (χ3v) is 1.51. The number of carbonyl (C=O) groups is 1. The topological polar surface area (TPSA) is 116 Å². The standard InChI is InChI=1S/C7H4N2O5/c10-6-4(7(11)12)1-3(8-13)2-5(6)9-14/h1-2,10H,(H,11,12). The highest BCUT2D eigenvalue weighted by atomic mass is 16.4. The molecular weight excluding hydrogens is 192 g/mol. The van der Waals surface area contributed by atoms with Gasteiger partial charge in [-0.05, 0) is 16.4 Å². The number of rotatable bonds is 3. The molecule has 0 aliphatic carbocycles. The van der Waals surface area contributed by atoms with Crippen molar-refractivity contribution in [1.82, 2.24) is 0 Å². The molecule has 2 N–H and O–H groups in total. The summed E-state index contributed by atoms with van der Waals surface area (Å²) in [7, 11) is 0. The van der Waals surface area contributed by atoms with Gasteiger partial charge < -0.3 is 10.2 Å². The fraction of sp³-hybridized carbons (Fsp3) is 0. The van der Waals surface area contributed by atoms with Gasteiger partial charge in [-0.25, -0.2) is 4.79 Å². The Morgan fingerprint density at radius 1 is 1.21 bits per heavy atom. The lowest BCUT2D eigenvalue weighted by atomic mass is 10.1. The highest BCUT2D eigenvalue weighted by Crippen LogP contribution is 2.34. The Bertz CT molecular complexity index is 415. The van der Waals surface area contributed by atoms with Crippen LogP contribution in [0.25, 0.3) is 0 Å². The van der Waals surface area contributed by atoms with E-state index in [1.165, 1.54) is 0 Å². The van der Waals surface area contributed by atoms with E-state index in [0.717, 1.165) is 12.1 Å². The second kappa shape index (κ2) is 3.60. The van der Waals surface area contributed by atoms with Crippen molar-refractivity contribution in [1.29, 1.82) is 0 Å². The molecule has 0 atom stereocenters. The highest BCUT2D eigenvalue weighted by Gasteiger charge is 2.16.